The third-order valence-electron chi connectivity index (χ3n) is 6.04. The zero-order valence-corrected chi connectivity index (χ0v) is 25.7. The molecule has 3 unspecified atom stereocenters. The molecule has 4 aromatic rings. The Balaban J connectivity index is 1.35. The van der Waals surface area contributed by atoms with Crippen LogP contribution >= 0.6 is 0 Å². The summed E-state index contributed by atoms with van der Waals surface area (Å²) in [6.45, 7) is 3.09. The van der Waals surface area contributed by atoms with Crippen LogP contribution in [0.2, 0.25) is 0 Å². The van der Waals surface area contributed by atoms with Crippen molar-refractivity contribution in [3.63, 3.8) is 0 Å². The van der Waals surface area contributed by atoms with Gasteiger partial charge in [-0.15, -0.1) is 0 Å². The minimum absolute atomic E-state index is 0.100. The van der Waals surface area contributed by atoms with Gasteiger partial charge < -0.3 is 14.2 Å². The van der Waals surface area contributed by atoms with E-state index in [9.17, 15) is 18.0 Å². The first-order valence-electron chi connectivity index (χ1n) is 13.3. The molecule has 0 bridgehead atoms. The second-order valence-electron chi connectivity index (χ2n) is 9.50. The minimum Gasteiger partial charge on any atom is -0.409 e. The fourth-order valence-electron chi connectivity index (χ4n) is 3.81. The summed E-state index contributed by atoms with van der Waals surface area (Å²) in [6, 6.07) is 25.2. The van der Waals surface area contributed by atoms with Gasteiger partial charge in [0.15, 0.2) is 0 Å². The zero-order chi connectivity index (χ0) is 30.9. The standard InChI is InChI=1S/C30H32N2O9S2/c1-21(2)37-19-24(41-43(36)32(4)30(34)40-28-18-10-14-23-12-6-8-16-26(23)28)20-38-42(35)31(3)29(33)39-27-17-9-13-22-11-5-7-15-25(22)27/h5-18,21,24H,19-20H2,1-4H3. The second-order valence-corrected chi connectivity index (χ2v) is 11.9. The van der Waals surface area contributed by atoms with Crippen LogP contribution in [-0.2, 0) is 35.6 Å². The lowest BCUT2D eigenvalue weighted by atomic mass is 10.1. The lowest BCUT2D eigenvalue weighted by Gasteiger charge is -2.22. The lowest BCUT2D eigenvalue weighted by Crippen LogP contribution is -2.38. The van der Waals surface area contributed by atoms with Gasteiger partial charge >= 0.3 is 12.2 Å². The molecule has 3 atom stereocenters. The second kappa shape index (κ2) is 15.0. The molecule has 0 heterocycles. The summed E-state index contributed by atoms with van der Waals surface area (Å²) < 4.78 is 54.6. The van der Waals surface area contributed by atoms with E-state index < -0.39 is 40.8 Å². The molecule has 0 aliphatic carbocycles. The van der Waals surface area contributed by atoms with Gasteiger partial charge in [-0.3, -0.25) is 8.37 Å². The fraction of sp³-hybridized carbons (Fsp3) is 0.267. The largest absolute Gasteiger partial charge is 0.428 e. The number of fused-ring (bicyclic) bond motifs is 2. The summed E-state index contributed by atoms with van der Waals surface area (Å²) in [5, 5.41) is 3.16. The van der Waals surface area contributed by atoms with Crippen molar-refractivity contribution in [2.75, 3.05) is 27.3 Å². The van der Waals surface area contributed by atoms with Gasteiger partial charge in [-0.25, -0.2) is 26.6 Å². The molecule has 0 aliphatic heterocycles. The van der Waals surface area contributed by atoms with Crippen molar-refractivity contribution >= 4 is 56.3 Å². The Labute approximate surface area is 254 Å². The van der Waals surface area contributed by atoms with Gasteiger partial charge in [0.25, 0.3) is 22.5 Å². The number of amides is 2. The van der Waals surface area contributed by atoms with Crippen LogP contribution in [0.15, 0.2) is 84.9 Å². The molecule has 0 saturated carbocycles. The number of ether oxygens (including phenoxy) is 3. The van der Waals surface area contributed by atoms with Gasteiger partial charge in [0.05, 0.1) is 19.3 Å². The quantitative estimate of drug-likeness (QED) is 0.199. The predicted octanol–water partition coefficient (Wildman–Crippen LogP) is 5.54. The minimum atomic E-state index is -2.33. The Morgan fingerprint density at radius 1 is 0.674 bits per heavy atom. The van der Waals surface area contributed by atoms with E-state index in [2.05, 4.69) is 0 Å². The van der Waals surface area contributed by atoms with E-state index in [4.69, 9.17) is 22.6 Å². The topological polar surface area (TPSA) is 121 Å². The summed E-state index contributed by atoms with van der Waals surface area (Å²) in [5.41, 5.74) is 0. The number of hydrogen-bond acceptors (Lipinski definition) is 9. The smallest absolute Gasteiger partial charge is 0.409 e. The molecule has 0 aromatic heterocycles. The monoisotopic (exact) mass is 628 g/mol. The predicted molar refractivity (Wildman–Crippen MR) is 164 cm³/mol. The average Bonchev–Trinajstić information content (AvgIpc) is 3.01. The van der Waals surface area contributed by atoms with E-state index in [-0.39, 0.29) is 19.3 Å². The summed E-state index contributed by atoms with van der Waals surface area (Å²) in [7, 11) is 2.50. The lowest BCUT2D eigenvalue weighted by molar-refractivity contribution is 0.00345. The van der Waals surface area contributed by atoms with Crippen molar-refractivity contribution in [3.05, 3.63) is 84.9 Å². The molecule has 2 amide bonds. The van der Waals surface area contributed by atoms with Crippen molar-refractivity contribution in [1.82, 2.24) is 8.61 Å². The number of benzene rings is 4. The first kappa shape index (κ1) is 32.0. The molecule has 43 heavy (non-hydrogen) atoms. The normalized spacial score (nSPS) is 13.4. The Morgan fingerprint density at radius 3 is 1.65 bits per heavy atom. The summed E-state index contributed by atoms with van der Waals surface area (Å²) in [5.74, 6) is 0.594. The van der Waals surface area contributed by atoms with E-state index in [1.807, 2.05) is 48.5 Å². The average molecular weight is 629 g/mol. The van der Waals surface area contributed by atoms with Gasteiger partial charge in [-0.1, -0.05) is 72.8 Å². The Morgan fingerprint density at radius 2 is 1.14 bits per heavy atom. The van der Waals surface area contributed by atoms with Crippen LogP contribution < -0.4 is 9.47 Å². The van der Waals surface area contributed by atoms with E-state index in [0.29, 0.717) is 22.3 Å². The van der Waals surface area contributed by atoms with Crippen molar-refractivity contribution in [2.45, 2.75) is 26.1 Å². The number of nitrogens with zero attached hydrogens (tertiary/aromatic N) is 2. The van der Waals surface area contributed by atoms with Crippen LogP contribution in [0.1, 0.15) is 13.8 Å². The molecule has 0 N–H and O–H groups in total. The maximum atomic E-state index is 12.9. The van der Waals surface area contributed by atoms with Crippen LogP contribution in [0.5, 0.6) is 11.5 Å². The summed E-state index contributed by atoms with van der Waals surface area (Å²) >= 11 is -4.62. The fourth-order valence-corrected chi connectivity index (χ4v) is 5.02. The third kappa shape index (κ3) is 8.58. The molecule has 0 fully saturated rings. The van der Waals surface area contributed by atoms with E-state index in [1.54, 1.807) is 50.2 Å². The highest BCUT2D eigenvalue weighted by atomic mass is 32.2. The van der Waals surface area contributed by atoms with Crippen molar-refractivity contribution in [3.8, 4) is 11.5 Å². The highest BCUT2D eigenvalue weighted by molar-refractivity contribution is 7.78. The maximum Gasteiger partial charge on any atom is 0.428 e. The van der Waals surface area contributed by atoms with Crippen molar-refractivity contribution in [2.24, 2.45) is 0 Å². The Hall–Kier alpha value is -3.88. The van der Waals surface area contributed by atoms with Crippen LogP contribution in [0.25, 0.3) is 21.5 Å². The number of carbonyl (C=O) groups excluding carboxylic acids is 2. The molecule has 0 saturated heterocycles. The highest BCUT2D eigenvalue weighted by Crippen LogP contribution is 2.27. The first-order valence-corrected chi connectivity index (χ1v) is 15.3. The maximum absolute atomic E-state index is 12.9. The highest BCUT2D eigenvalue weighted by Gasteiger charge is 2.26. The molecule has 13 heteroatoms. The van der Waals surface area contributed by atoms with Gasteiger partial charge in [-0.2, -0.15) is 0 Å². The van der Waals surface area contributed by atoms with E-state index in [1.165, 1.54) is 14.1 Å². The van der Waals surface area contributed by atoms with Gasteiger partial charge in [0.2, 0.25) is 0 Å². The molecular formula is C30H32N2O9S2. The third-order valence-corrected chi connectivity index (χ3v) is 8.01. The summed E-state index contributed by atoms with van der Waals surface area (Å²) in [6.07, 6.45) is -3.07. The van der Waals surface area contributed by atoms with E-state index >= 15 is 0 Å². The van der Waals surface area contributed by atoms with E-state index in [0.717, 1.165) is 19.4 Å². The Kier molecular flexibility index (Phi) is 11.2. The van der Waals surface area contributed by atoms with Crippen molar-refractivity contribution in [1.29, 1.82) is 0 Å². The molecule has 0 radical (unpaired) electrons. The van der Waals surface area contributed by atoms with Crippen LogP contribution in [-0.4, -0.2) is 68.7 Å². The van der Waals surface area contributed by atoms with Gasteiger partial charge in [0.1, 0.15) is 17.6 Å². The Bertz CT molecular complexity index is 1620. The zero-order valence-electron chi connectivity index (χ0n) is 24.0. The number of hydrogen-bond donors (Lipinski definition) is 0. The molecule has 0 spiro atoms. The van der Waals surface area contributed by atoms with Crippen LogP contribution in [0, 0.1) is 0 Å². The van der Waals surface area contributed by atoms with Gasteiger partial charge in [0, 0.05) is 24.9 Å². The SMILES string of the molecule is CC(C)OCC(COS(=O)N(C)C(=O)Oc1cccc2ccccc12)OS(=O)N(C)C(=O)Oc1cccc2ccccc12. The molecule has 4 aromatic carbocycles. The first-order chi connectivity index (χ1) is 20.6. The van der Waals surface area contributed by atoms with Crippen LogP contribution in [0.4, 0.5) is 9.59 Å². The molecule has 0 aliphatic rings. The van der Waals surface area contributed by atoms with Crippen molar-refractivity contribution < 1.29 is 40.6 Å². The number of carbonyl (C=O) groups is 2. The molecule has 4 rings (SSSR count). The van der Waals surface area contributed by atoms with Crippen LogP contribution in [0.3, 0.4) is 0 Å². The molecular weight excluding hydrogens is 596 g/mol. The summed E-state index contributed by atoms with van der Waals surface area (Å²) in [4.78, 5) is 25.5. The molecule has 228 valence electrons. The van der Waals surface area contributed by atoms with Gasteiger partial charge in [-0.05, 0) is 36.8 Å². The molecule has 11 nitrogen and oxygen atoms in total. The number of rotatable bonds is 12.